The van der Waals surface area contributed by atoms with E-state index in [0.29, 0.717) is 15.7 Å². The van der Waals surface area contributed by atoms with Gasteiger partial charge in [0.1, 0.15) is 10.6 Å². The first kappa shape index (κ1) is 24.2. The van der Waals surface area contributed by atoms with Crippen LogP contribution in [0.2, 0.25) is 0 Å². The van der Waals surface area contributed by atoms with E-state index in [2.05, 4.69) is 26.2 Å². The highest BCUT2D eigenvalue weighted by Crippen LogP contribution is 2.51. The highest BCUT2D eigenvalue weighted by atomic mass is 79.9. The molecule has 0 spiro atoms. The standard InChI is InChI=1S/C20H25BrN3O5P/c1-3-28-30(27,29-4-2)13-14-7-9-15(10-8-14)20(26)24-17(19(22)25)12-16-6-5-11-23-18(16)21/h5-11,17H,3-4,12-13H2,1-2H3,(H2,22,25)(H,24,26)/t17-/m1/s1. The summed E-state index contributed by atoms with van der Waals surface area (Å²) in [7, 11) is -3.23. The van der Waals surface area contributed by atoms with Crippen LogP contribution in [0.3, 0.4) is 0 Å². The number of carbonyl (C=O) groups is 2. The summed E-state index contributed by atoms with van der Waals surface area (Å²) in [6.45, 7) is 4.05. The van der Waals surface area contributed by atoms with Gasteiger partial charge in [-0.05, 0) is 59.1 Å². The summed E-state index contributed by atoms with van der Waals surface area (Å²) < 4.78 is 23.8. The van der Waals surface area contributed by atoms with Crippen LogP contribution in [0.15, 0.2) is 47.2 Å². The van der Waals surface area contributed by atoms with Crippen molar-refractivity contribution in [3.8, 4) is 0 Å². The zero-order chi connectivity index (χ0) is 22.1. The number of aromatic nitrogens is 1. The second kappa shape index (κ2) is 11.4. The third-order valence-electron chi connectivity index (χ3n) is 4.15. The van der Waals surface area contributed by atoms with Crippen molar-refractivity contribution in [2.45, 2.75) is 32.5 Å². The number of pyridine rings is 1. The second-order valence-electron chi connectivity index (χ2n) is 6.39. The van der Waals surface area contributed by atoms with Crippen LogP contribution in [0, 0.1) is 0 Å². The van der Waals surface area contributed by atoms with Crippen molar-refractivity contribution in [3.05, 3.63) is 63.9 Å². The third kappa shape index (κ3) is 7.02. The molecule has 8 nitrogen and oxygen atoms in total. The van der Waals surface area contributed by atoms with Crippen LogP contribution in [0.4, 0.5) is 0 Å². The van der Waals surface area contributed by atoms with Crippen LogP contribution in [-0.2, 0) is 31.0 Å². The Kier molecular flexibility index (Phi) is 9.17. The molecule has 1 heterocycles. The van der Waals surface area contributed by atoms with Crippen molar-refractivity contribution >= 4 is 35.3 Å². The normalized spacial score (nSPS) is 12.4. The SMILES string of the molecule is CCOP(=O)(Cc1ccc(C(=O)N[C@H](Cc2cccnc2Br)C(N)=O)cc1)OCC. The molecule has 0 aliphatic carbocycles. The molecule has 0 unspecified atom stereocenters. The van der Waals surface area contributed by atoms with Gasteiger partial charge in [0.05, 0.1) is 19.4 Å². The van der Waals surface area contributed by atoms with Gasteiger partial charge in [0.15, 0.2) is 0 Å². The number of halogens is 1. The number of nitrogens with two attached hydrogens (primary N) is 1. The average Bonchev–Trinajstić information content (AvgIpc) is 2.69. The summed E-state index contributed by atoms with van der Waals surface area (Å²) in [5.41, 5.74) is 7.27. The fourth-order valence-corrected chi connectivity index (χ4v) is 4.88. The van der Waals surface area contributed by atoms with Gasteiger partial charge < -0.3 is 20.1 Å². The summed E-state index contributed by atoms with van der Waals surface area (Å²) in [5, 5.41) is 2.65. The van der Waals surface area contributed by atoms with E-state index in [9.17, 15) is 14.2 Å². The van der Waals surface area contributed by atoms with Crippen LogP contribution < -0.4 is 11.1 Å². The molecule has 10 heteroatoms. The zero-order valence-electron chi connectivity index (χ0n) is 16.8. The van der Waals surface area contributed by atoms with Gasteiger partial charge in [-0.1, -0.05) is 18.2 Å². The van der Waals surface area contributed by atoms with Gasteiger partial charge in [0.2, 0.25) is 5.91 Å². The monoisotopic (exact) mass is 497 g/mol. The first-order valence-corrected chi connectivity index (χ1v) is 12.0. The minimum Gasteiger partial charge on any atom is -0.368 e. The fourth-order valence-electron chi connectivity index (χ4n) is 2.76. The molecule has 3 N–H and O–H groups in total. The van der Waals surface area contributed by atoms with Gasteiger partial charge in [0.25, 0.3) is 5.91 Å². The summed E-state index contributed by atoms with van der Waals surface area (Å²) in [6, 6.07) is 9.17. The Morgan fingerprint density at radius 3 is 2.33 bits per heavy atom. The number of carbonyl (C=O) groups excluding carboxylic acids is 2. The van der Waals surface area contributed by atoms with Gasteiger partial charge >= 0.3 is 7.60 Å². The number of benzene rings is 1. The van der Waals surface area contributed by atoms with E-state index in [4.69, 9.17) is 14.8 Å². The average molecular weight is 498 g/mol. The number of rotatable bonds is 11. The predicted octanol–water partition coefficient (Wildman–Crippen LogP) is 3.44. The van der Waals surface area contributed by atoms with Crippen molar-refractivity contribution in [1.82, 2.24) is 10.3 Å². The first-order chi connectivity index (χ1) is 14.3. The maximum absolute atomic E-state index is 12.6. The molecule has 1 aromatic heterocycles. The molecule has 0 saturated heterocycles. The van der Waals surface area contributed by atoms with E-state index in [-0.39, 0.29) is 25.8 Å². The highest BCUT2D eigenvalue weighted by molar-refractivity contribution is 9.10. The Balaban J connectivity index is 2.07. The third-order valence-corrected chi connectivity index (χ3v) is 6.92. The van der Waals surface area contributed by atoms with Gasteiger partial charge in [-0.15, -0.1) is 0 Å². The van der Waals surface area contributed by atoms with Crippen LogP contribution in [0.25, 0.3) is 0 Å². The molecule has 1 aromatic carbocycles. The predicted molar refractivity (Wildman–Crippen MR) is 117 cm³/mol. The molecule has 0 saturated carbocycles. The summed E-state index contributed by atoms with van der Waals surface area (Å²) in [6.07, 6.45) is 1.93. The van der Waals surface area contributed by atoms with Crippen LogP contribution in [0.5, 0.6) is 0 Å². The molecule has 0 aliphatic heterocycles. The van der Waals surface area contributed by atoms with Gasteiger partial charge in [-0.2, -0.15) is 0 Å². The van der Waals surface area contributed by atoms with Crippen molar-refractivity contribution in [3.63, 3.8) is 0 Å². The topological polar surface area (TPSA) is 121 Å². The lowest BCUT2D eigenvalue weighted by Crippen LogP contribution is -2.45. The molecule has 0 fully saturated rings. The van der Waals surface area contributed by atoms with Crippen LogP contribution >= 0.6 is 23.5 Å². The minimum atomic E-state index is -3.23. The maximum atomic E-state index is 12.6. The van der Waals surface area contributed by atoms with Gasteiger partial charge in [-0.25, -0.2) is 4.98 Å². The molecule has 0 radical (unpaired) electrons. The van der Waals surface area contributed by atoms with Crippen molar-refractivity contribution in [1.29, 1.82) is 0 Å². The van der Waals surface area contributed by atoms with Crippen molar-refractivity contribution < 1.29 is 23.2 Å². The molecular weight excluding hydrogens is 473 g/mol. The number of nitrogens with one attached hydrogen (secondary N) is 1. The highest BCUT2D eigenvalue weighted by Gasteiger charge is 2.24. The number of primary amides is 1. The van der Waals surface area contributed by atoms with E-state index >= 15 is 0 Å². The van der Waals surface area contributed by atoms with Crippen LogP contribution in [0.1, 0.15) is 35.3 Å². The molecule has 30 heavy (non-hydrogen) atoms. The van der Waals surface area contributed by atoms with Gasteiger partial charge in [0, 0.05) is 18.2 Å². The lowest BCUT2D eigenvalue weighted by atomic mass is 10.1. The van der Waals surface area contributed by atoms with Gasteiger partial charge in [-0.3, -0.25) is 14.2 Å². The van der Waals surface area contributed by atoms with E-state index in [0.717, 1.165) is 5.56 Å². The summed E-state index contributed by atoms with van der Waals surface area (Å²) in [4.78, 5) is 28.5. The molecule has 162 valence electrons. The Hall–Kier alpha value is -2.06. The second-order valence-corrected chi connectivity index (χ2v) is 9.19. The maximum Gasteiger partial charge on any atom is 0.335 e. The molecule has 1 atom stereocenters. The number of hydrogen-bond donors (Lipinski definition) is 2. The fraction of sp³-hybridized carbons (Fsp3) is 0.350. The Labute approximate surface area is 184 Å². The summed E-state index contributed by atoms with van der Waals surface area (Å²) >= 11 is 3.32. The zero-order valence-corrected chi connectivity index (χ0v) is 19.3. The number of hydrogen-bond acceptors (Lipinski definition) is 6. The molecule has 0 aliphatic rings. The van der Waals surface area contributed by atoms with E-state index in [1.807, 2.05) is 0 Å². The van der Waals surface area contributed by atoms with Crippen molar-refractivity contribution in [2.24, 2.45) is 5.73 Å². The Morgan fingerprint density at radius 2 is 1.80 bits per heavy atom. The first-order valence-electron chi connectivity index (χ1n) is 9.44. The minimum absolute atomic E-state index is 0.107. The van der Waals surface area contributed by atoms with E-state index < -0.39 is 25.5 Å². The lowest BCUT2D eigenvalue weighted by Gasteiger charge is -2.18. The molecule has 2 amide bonds. The van der Waals surface area contributed by atoms with E-state index in [1.54, 1.807) is 56.4 Å². The Bertz CT molecular complexity index is 913. The lowest BCUT2D eigenvalue weighted by molar-refractivity contribution is -0.119. The smallest absolute Gasteiger partial charge is 0.335 e. The molecule has 0 bridgehead atoms. The Morgan fingerprint density at radius 1 is 1.17 bits per heavy atom. The molecule has 2 aromatic rings. The number of amides is 2. The quantitative estimate of drug-likeness (QED) is 0.362. The van der Waals surface area contributed by atoms with Crippen molar-refractivity contribution in [2.75, 3.05) is 13.2 Å². The molecule has 2 rings (SSSR count). The number of nitrogens with zero attached hydrogens (tertiary/aromatic N) is 1. The molecular formula is C20H25BrN3O5P. The van der Waals surface area contributed by atoms with E-state index in [1.165, 1.54) is 0 Å². The van der Waals surface area contributed by atoms with Crippen LogP contribution in [-0.4, -0.2) is 36.1 Å². The largest absolute Gasteiger partial charge is 0.368 e. The summed E-state index contributed by atoms with van der Waals surface area (Å²) in [5.74, 6) is -1.09.